The topological polar surface area (TPSA) is 75.4 Å². The second-order valence-electron chi connectivity index (χ2n) is 8.37. The van der Waals surface area contributed by atoms with E-state index >= 15 is 0 Å². The SMILES string of the molecule is BCCCCC(N)(C(=O)O)[C@H]1C[C@@H](NCc2ccc(-c3ccc(Cl)c(Cl)c3)cc2)C1. The Bertz CT molecular complexity index is 872. The molecule has 1 fully saturated rings. The van der Waals surface area contributed by atoms with E-state index < -0.39 is 11.5 Å². The molecule has 160 valence electrons. The first-order chi connectivity index (χ1) is 14.3. The maximum atomic E-state index is 11.8. The maximum absolute atomic E-state index is 11.8. The predicted octanol–water partition coefficient (Wildman–Crippen LogP) is 4.53. The van der Waals surface area contributed by atoms with Crippen LogP contribution >= 0.6 is 23.2 Å². The Morgan fingerprint density at radius 1 is 1.10 bits per heavy atom. The van der Waals surface area contributed by atoms with Crippen molar-refractivity contribution in [3.8, 4) is 11.1 Å². The molecule has 1 atom stereocenters. The van der Waals surface area contributed by atoms with Crippen molar-refractivity contribution in [2.24, 2.45) is 11.7 Å². The Kier molecular flexibility index (Phi) is 7.86. The fourth-order valence-electron chi connectivity index (χ4n) is 4.11. The van der Waals surface area contributed by atoms with E-state index in [1.165, 1.54) is 5.56 Å². The molecule has 3 rings (SSSR count). The average Bonchev–Trinajstić information content (AvgIpc) is 2.69. The van der Waals surface area contributed by atoms with Gasteiger partial charge in [0.05, 0.1) is 10.0 Å². The van der Waals surface area contributed by atoms with Gasteiger partial charge in [-0.1, -0.05) is 72.7 Å². The summed E-state index contributed by atoms with van der Waals surface area (Å²) in [6.07, 6.45) is 5.16. The Morgan fingerprint density at radius 3 is 2.37 bits per heavy atom. The van der Waals surface area contributed by atoms with Gasteiger partial charge in [0.2, 0.25) is 0 Å². The highest BCUT2D eigenvalue weighted by Gasteiger charge is 2.47. The standard InChI is InChI=1S/C23H29BCl2N2O2/c24-10-2-1-9-23(27,22(29)30)18-12-19(13-18)28-14-15-3-5-16(6-4-15)17-7-8-20(25)21(26)11-17/h3-8,11,18-19,28H,1-2,9-10,12-14,24,27H2,(H,29,30)/t18-,19+,23?. The van der Waals surface area contributed by atoms with Crippen LogP contribution in [0.3, 0.4) is 0 Å². The Hall–Kier alpha value is -1.53. The fourth-order valence-corrected chi connectivity index (χ4v) is 4.41. The molecule has 0 bridgehead atoms. The molecule has 30 heavy (non-hydrogen) atoms. The van der Waals surface area contributed by atoms with Crippen LogP contribution in [-0.4, -0.2) is 30.5 Å². The van der Waals surface area contributed by atoms with Crippen LogP contribution in [0.1, 0.15) is 37.7 Å². The van der Waals surface area contributed by atoms with E-state index in [2.05, 4.69) is 37.4 Å². The first kappa shape index (κ1) is 23.1. The summed E-state index contributed by atoms with van der Waals surface area (Å²) in [5.74, 6) is -0.818. The van der Waals surface area contributed by atoms with Gasteiger partial charge in [-0.2, -0.15) is 0 Å². The van der Waals surface area contributed by atoms with Crippen LogP contribution in [0, 0.1) is 5.92 Å². The molecule has 4 N–H and O–H groups in total. The number of carboxylic acids is 1. The first-order valence-electron chi connectivity index (χ1n) is 10.6. The second-order valence-corrected chi connectivity index (χ2v) is 9.19. The number of unbranched alkanes of at least 4 members (excludes halogenated alkanes) is 1. The number of halogens is 2. The Morgan fingerprint density at radius 2 is 1.77 bits per heavy atom. The Labute approximate surface area is 189 Å². The zero-order valence-corrected chi connectivity index (χ0v) is 18.8. The van der Waals surface area contributed by atoms with Crippen molar-refractivity contribution in [1.29, 1.82) is 0 Å². The molecule has 1 unspecified atom stereocenters. The van der Waals surface area contributed by atoms with Gasteiger partial charge in [0.15, 0.2) is 0 Å². The smallest absolute Gasteiger partial charge is 0.323 e. The minimum absolute atomic E-state index is 0.0429. The third kappa shape index (κ3) is 5.39. The molecular formula is C23H29BCl2N2O2. The quantitative estimate of drug-likeness (QED) is 0.370. The number of nitrogens with one attached hydrogen (secondary N) is 1. The lowest BCUT2D eigenvalue weighted by molar-refractivity contribution is -0.148. The summed E-state index contributed by atoms with van der Waals surface area (Å²) in [6, 6.07) is 14.3. The van der Waals surface area contributed by atoms with Gasteiger partial charge in [0, 0.05) is 12.6 Å². The van der Waals surface area contributed by atoms with Crippen LogP contribution in [0.25, 0.3) is 11.1 Å². The minimum Gasteiger partial charge on any atom is -0.480 e. The summed E-state index contributed by atoms with van der Waals surface area (Å²) in [4.78, 5) is 11.8. The van der Waals surface area contributed by atoms with Gasteiger partial charge in [-0.25, -0.2) is 0 Å². The van der Waals surface area contributed by atoms with Crippen LogP contribution in [0.4, 0.5) is 0 Å². The zero-order valence-electron chi connectivity index (χ0n) is 17.3. The number of aliphatic carboxylic acids is 1. The van der Waals surface area contributed by atoms with E-state index in [0.29, 0.717) is 22.5 Å². The first-order valence-corrected chi connectivity index (χ1v) is 11.4. The van der Waals surface area contributed by atoms with Crippen molar-refractivity contribution in [3.05, 3.63) is 58.1 Å². The number of carboxylic acid groups (broad SMARTS) is 1. The van der Waals surface area contributed by atoms with Gasteiger partial charge in [0.25, 0.3) is 0 Å². The monoisotopic (exact) mass is 446 g/mol. The molecular weight excluding hydrogens is 418 g/mol. The summed E-state index contributed by atoms with van der Waals surface area (Å²) in [6.45, 7) is 0.750. The normalized spacial score (nSPS) is 20.4. The van der Waals surface area contributed by atoms with Crippen LogP contribution in [0.15, 0.2) is 42.5 Å². The van der Waals surface area contributed by atoms with Gasteiger partial charge in [-0.3, -0.25) is 4.79 Å². The van der Waals surface area contributed by atoms with Crippen molar-refractivity contribution >= 4 is 37.0 Å². The molecule has 1 aliphatic rings. The molecule has 2 aromatic carbocycles. The van der Waals surface area contributed by atoms with Gasteiger partial charge in [0.1, 0.15) is 13.4 Å². The molecule has 4 nitrogen and oxygen atoms in total. The summed E-state index contributed by atoms with van der Waals surface area (Å²) < 4.78 is 0. The number of hydrogen-bond acceptors (Lipinski definition) is 3. The summed E-state index contributed by atoms with van der Waals surface area (Å²) in [7, 11) is 2.11. The van der Waals surface area contributed by atoms with Gasteiger partial charge in [-0.05, 0) is 54.0 Å². The van der Waals surface area contributed by atoms with Gasteiger partial charge >= 0.3 is 5.97 Å². The summed E-state index contributed by atoms with van der Waals surface area (Å²) in [5, 5.41) is 14.3. The Balaban J connectivity index is 1.50. The fraction of sp³-hybridized carbons (Fsp3) is 0.435. The van der Waals surface area contributed by atoms with Crippen molar-refractivity contribution in [3.63, 3.8) is 0 Å². The molecule has 2 aromatic rings. The minimum atomic E-state index is -1.09. The average molecular weight is 447 g/mol. The number of benzene rings is 2. The lowest BCUT2D eigenvalue weighted by Gasteiger charge is -2.45. The van der Waals surface area contributed by atoms with Gasteiger partial charge in [-0.15, -0.1) is 0 Å². The second kappa shape index (κ2) is 10.2. The zero-order chi connectivity index (χ0) is 21.7. The highest BCUT2D eigenvalue weighted by atomic mass is 35.5. The number of rotatable bonds is 10. The highest BCUT2D eigenvalue weighted by Crippen LogP contribution is 2.38. The maximum Gasteiger partial charge on any atom is 0.323 e. The van der Waals surface area contributed by atoms with E-state index in [9.17, 15) is 9.90 Å². The molecule has 1 saturated carbocycles. The molecule has 0 radical (unpaired) electrons. The lowest BCUT2D eigenvalue weighted by Crippen LogP contribution is -2.60. The van der Waals surface area contributed by atoms with Crippen LogP contribution in [-0.2, 0) is 11.3 Å². The molecule has 0 heterocycles. The predicted molar refractivity (Wildman–Crippen MR) is 127 cm³/mol. The van der Waals surface area contributed by atoms with Crippen LogP contribution in [0.5, 0.6) is 0 Å². The van der Waals surface area contributed by atoms with E-state index in [1.807, 2.05) is 12.1 Å². The summed E-state index contributed by atoms with van der Waals surface area (Å²) >= 11 is 12.1. The third-order valence-corrected chi connectivity index (χ3v) is 7.00. The van der Waals surface area contributed by atoms with Gasteiger partial charge < -0.3 is 16.2 Å². The van der Waals surface area contributed by atoms with E-state index in [0.717, 1.165) is 49.7 Å². The van der Waals surface area contributed by atoms with Crippen molar-refractivity contribution < 1.29 is 9.90 Å². The van der Waals surface area contributed by atoms with Crippen LogP contribution < -0.4 is 11.1 Å². The van der Waals surface area contributed by atoms with Crippen molar-refractivity contribution in [1.82, 2.24) is 5.32 Å². The van der Waals surface area contributed by atoms with E-state index in [4.69, 9.17) is 28.9 Å². The molecule has 1 aliphatic carbocycles. The number of hydrogen-bond donors (Lipinski definition) is 3. The highest BCUT2D eigenvalue weighted by molar-refractivity contribution is 6.42. The largest absolute Gasteiger partial charge is 0.480 e. The third-order valence-electron chi connectivity index (χ3n) is 6.26. The lowest BCUT2D eigenvalue weighted by atomic mass is 9.66. The van der Waals surface area contributed by atoms with E-state index in [-0.39, 0.29) is 5.92 Å². The number of nitrogens with two attached hydrogens (primary N) is 1. The molecule has 0 saturated heterocycles. The molecule has 0 amide bonds. The molecule has 0 spiro atoms. The number of carbonyl (C=O) groups is 1. The molecule has 7 heteroatoms. The molecule has 0 aliphatic heterocycles. The van der Waals surface area contributed by atoms with E-state index in [1.54, 1.807) is 6.07 Å². The van der Waals surface area contributed by atoms with Crippen molar-refractivity contribution in [2.75, 3.05) is 0 Å². The molecule has 0 aromatic heterocycles. The van der Waals surface area contributed by atoms with Crippen molar-refractivity contribution in [2.45, 2.75) is 56.5 Å². The van der Waals surface area contributed by atoms with Crippen LogP contribution in [0.2, 0.25) is 16.4 Å². The summed E-state index contributed by atoms with van der Waals surface area (Å²) in [5.41, 5.74) is 8.51.